The number of amides is 1. The average Bonchev–Trinajstić information content (AvgIpc) is 2.70. The molecule has 29 heavy (non-hydrogen) atoms. The Morgan fingerprint density at radius 2 is 1.48 bits per heavy atom. The number of nitro groups is 1. The van der Waals surface area contributed by atoms with Gasteiger partial charge in [0.05, 0.1) is 9.82 Å². The molecule has 0 aliphatic rings. The van der Waals surface area contributed by atoms with Crippen LogP contribution in [-0.4, -0.2) is 19.2 Å². The van der Waals surface area contributed by atoms with Crippen LogP contribution >= 0.6 is 0 Å². The minimum atomic E-state index is -3.99. The largest absolute Gasteiger partial charge is 1.00 e. The number of hydrogen-bond donors (Lipinski definition) is 1. The van der Waals surface area contributed by atoms with E-state index < -0.39 is 20.9 Å². The minimum absolute atomic E-state index is 0. The standard InChI is InChI=1S/C19H14N3O5S.K/c23-19(15-10-4-7-13-18(15)22(24)25)20-16-11-5-6-12-17(16)21-28(26,27)14-8-2-1-3-9-14;/h1-13H,(H,20,23);/q-1;+1. The van der Waals surface area contributed by atoms with Gasteiger partial charge >= 0.3 is 51.4 Å². The summed E-state index contributed by atoms with van der Waals surface area (Å²) in [5.74, 6) is -0.743. The molecule has 0 heterocycles. The van der Waals surface area contributed by atoms with E-state index in [0.717, 1.165) is 0 Å². The summed E-state index contributed by atoms with van der Waals surface area (Å²) in [6.07, 6.45) is 0. The molecule has 0 unspecified atom stereocenters. The first-order chi connectivity index (χ1) is 13.4. The molecule has 0 aliphatic heterocycles. The summed E-state index contributed by atoms with van der Waals surface area (Å²) in [7, 11) is -3.99. The Bertz CT molecular complexity index is 1140. The monoisotopic (exact) mass is 435 g/mol. The van der Waals surface area contributed by atoms with Crippen molar-refractivity contribution in [2.24, 2.45) is 0 Å². The van der Waals surface area contributed by atoms with Crippen molar-refractivity contribution in [1.82, 2.24) is 0 Å². The van der Waals surface area contributed by atoms with Crippen molar-refractivity contribution in [3.05, 3.63) is 99.3 Å². The SMILES string of the molecule is O=C(Nc1ccccc1[N-]S(=O)(=O)c1ccccc1)c1ccccc1[N+](=O)[O-].[K+]. The maximum absolute atomic E-state index is 12.5. The third-order valence-electron chi connectivity index (χ3n) is 3.76. The van der Waals surface area contributed by atoms with Crippen LogP contribution in [0.25, 0.3) is 4.72 Å². The van der Waals surface area contributed by atoms with Gasteiger partial charge < -0.3 is 10.0 Å². The fraction of sp³-hybridized carbons (Fsp3) is 0. The molecule has 3 rings (SSSR count). The van der Waals surface area contributed by atoms with E-state index in [-0.39, 0.29) is 78.9 Å². The Balaban J connectivity index is 0.00000300. The molecule has 0 fully saturated rings. The topological polar surface area (TPSA) is 120 Å². The van der Waals surface area contributed by atoms with Crippen molar-refractivity contribution >= 4 is 33.0 Å². The predicted octanol–water partition coefficient (Wildman–Crippen LogP) is 1.25. The number of benzene rings is 3. The average molecular weight is 436 g/mol. The van der Waals surface area contributed by atoms with Gasteiger partial charge in [-0.2, -0.15) is 0 Å². The molecule has 1 N–H and O–H groups in total. The second-order valence-electron chi connectivity index (χ2n) is 5.62. The molecule has 0 bridgehead atoms. The summed E-state index contributed by atoms with van der Waals surface area (Å²) in [5.41, 5.74) is -0.372. The molecule has 1 amide bonds. The van der Waals surface area contributed by atoms with Gasteiger partial charge in [-0.05, 0) is 24.3 Å². The summed E-state index contributed by atoms with van der Waals surface area (Å²) in [4.78, 5) is 23.0. The number of sulfonamides is 1. The van der Waals surface area contributed by atoms with Crippen molar-refractivity contribution in [2.75, 3.05) is 5.32 Å². The third kappa shape index (κ3) is 5.72. The number of nitrogens with zero attached hydrogens (tertiary/aromatic N) is 2. The zero-order chi connectivity index (χ0) is 20.1. The van der Waals surface area contributed by atoms with Gasteiger partial charge in [-0.1, -0.05) is 48.5 Å². The summed E-state index contributed by atoms with van der Waals surface area (Å²) in [5, 5.41) is 13.6. The van der Waals surface area contributed by atoms with Gasteiger partial charge in [0, 0.05) is 11.8 Å². The first-order valence-corrected chi connectivity index (χ1v) is 9.49. The van der Waals surface area contributed by atoms with E-state index in [1.807, 2.05) is 0 Å². The first-order valence-electron chi connectivity index (χ1n) is 8.05. The van der Waals surface area contributed by atoms with E-state index in [4.69, 9.17) is 0 Å². The predicted molar refractivity (Wildman–Crippen MR) is 104 cm³/mol. The van der Waals surface area contributed by atoms with Crippen LogP contribution in [-0.2, 0) is 10.0 Å². The van der Waals surface area contributed by atoms with E-state index in [2.05, 4.69) is 10.0 Å². The molecule has 0 aromatic heterocycles. The van der Waals surface area contributed by atoms with Crippen molar-refractivity contribution in [3.8, 4) is 0 Å². The van der Waals surface area contributed by atoms with E-state index in [9.17, 15) is 23.3 Å². The van der Waals surface area contributed by atoms with E-state index in [1.165, 1.54) is 48.5 Å². The Morgan fingerprint density at radius 1 is 0.897 bits per heavy atom. The van der Waals surface area contributed by atoms with Crippen LogP contribution < -0.4 is 56.7 Å². The van der Waals surface area contributed by atoms with Crippen molar-refractivity contribution < 1.29 is 69.5 Å². The maximum atomic E-state index is 12.5. The number of para-hydroxylation sites is 2. The molecular weight excluding hydrogens is 421 g/mol. The number of nitrogens with one attached hydrogen (secondary N) is 1. The van der Waals surface area contributed by atoms with Crippen molar-refractivity contribution in [1.29, 1.82) is 0 Å². The molecule has 0 saturated heterocycles. The number of nitro benzene ring substituents is 1. The first kappa shape index (κ1) is 23.2. The van der Waals surface area contributed by atoms with Gasteiger partial charge in [0.2, 0.25) is 0 Å². The van der Waals surface area contributed by atoms with E-state index in [0.29, 0.717) is 0 Å². The number of anilines is 1. The normalized spacial score (nSPS) is 10.5. The van der Waals surface area contributed by atoms with Crippen molar-refractivity contribution in [3.63, 3.8) is 0 Å². The molecule has 0 aliphatic carbocycles. The second-order valence-corrected chi connectivity index (χ2v) is 7.23. The summed E-state index contributed by atoms with van der Waals surface area (Å²) in [6, 6.07) is 19.2. The maximum Gasteiger partial charge on any atom is 1.00 e. The number of rotatable bonds is 6. The zero-order valence-electron chi connectivity index (χ0n) is 15.3. The zero-order valence-corrected chi connectivity index (χ0v) is 19.3. The van der Waals surface area contributed by atoms with Crippen LogP contribution in [0.5, 0.6) is 0 Å². The van der Waals surface area contributed by atoms with Crippen LogP contribution in [0.4, 0.5) is 17.1 Å². The van der Waals surface area contributed by atoms with Crippen LogP contribution in [0.3, 0.4) is 0 Å². The molecule has 0 atom stereocenters. The number of hydrogen-bond acceptors (Lipinski definition) is 5. The molecule has 0 spiro atoms. The second kappa shape index (κ2) is 10.1. The Morgan fingerprint density at radius 3 is 2.17 bits per heavy atom. The molecule has 10 heteroatoms. The fourth-order valence-electron chi connectivity index (χ4n) is 2.45. The number of carbonyl (C=O) groups excluding carboxylic acids is 1. The van der Waals surface area contributed by atoms with Crippen LogP contribution in [0.15, 0.2) is 83.8 Å². The minimum Gasteiger partial charge on any atom is -0.571 e. The summed E-state index contributed by atoms with van der Waals surface area (Å²) < 4.78 is 28.8. The molecule has 8 nitrogen and oxygen atoms in total. The van der Waals surface area contributed by atoms with Gasteiger partial charge in [-0.3, -0.25) is 14.9 Å². The Kier molecular flexibility index (Phi) is 8.08. The third-order valence-corrected chi connectivity index (χ3v) is 5.06. The molecule has 3 aromatic rings. The van der Waals surface area contributed by atoms with Gasteiger partial charge in [0.15, 0.2) is 0 Å². The van der Waals surface area contributed by atoms with Crippen LogP contribution in [0.1, 0.15) is 10.4 Å². The molecule has 0 saturated carbocycles. The quantitative estimate of drug-likeness (QED) is 0.355. The van der Waals surface area contributed by atoms with Crippen molar-refractivity contribution in [2.45, 2.75) is 4.90 Å². The number of carbonyl (C=O) groups is 1. The van der Waals surface area contributed by atoms with Gasteiger partial charge in [-0.15, -0.1) is 5.69 Å². The van der Waals surface area contributed by atoms with Gasteiger partial charge in [0.1, 0.15) is 15.6 Å². The van der Waals surface area contributed by atoms with E-state index in [1.54, 1.807) is 30.3 Å². The molecule has 142 valence electrons. The Labute approximate surface area is 210 Å². The molecule has 0 radical (unpaired) electrons. The molecular formula is C19H14KN3O5S. The van der Waals surface area contributed by atoms with Crippen LogP contribution in [0.2, 0.25) is 0 Å². The smallest absolute Gasteiger partial charge is 0.571 e. The van der Waals surface area contributed by atoms with Crippen LogP contribution in [0, 0.1) is 10.1 Å². The fourth-order valence-corrected chi connectivity index (χ4v) is 3.47. The molecule has 3 aromatic carbocycles. The Hall–Kier alpha value is -2.08. The van der Waals surface area contributed by atoms with E-state index >= 15 is 0 Å². The van der Waals surface area contributed by atoms with Gasteiger partial charge in [-0.25, -0.2) is 8.42 Å². The summed E-state index contributed by atoms with van der Waals surface area (Å²) >= 11 is 0. The summed E-state index contributed by atoms with van der Waals surface area (Å²) in [6.45, 7) is 0. The van der Waals surface area contributed by atoms with Gasteiger partial charge in [0.25, 0.3) is 11.6 Å².